The van der Waals surface area contributed by atoms with Gasteiger partial charge < -0.3 is 5.32 Å². The van der Waals surface area contributed by atoms with Crippen molar-refractivity contribution in [2.75, 3.05) is 0 Å². The molecular weight excluding hydrogens is 404 g/mol. The smallest absolute Gasteiger partial charge is 0.253 e. The molecule has 0 bridgehead atoms. The van der Waals surface area contributed by atoms with Crippen molar-refractivity contribution in [3.63, 3.8) is 0 Å². The highest BCUT2D eigenvalue weighted by molar-refractivity contribution is 9.10. The summed E-state index contributed by atoms with van der Waals surface area (Å²) < 4.78 is 2.81. The first-order valence-electron chi connectivity index (χ1n) is 9.05. The molecule has 1 aliphatic rings. The summed E-state index contributed by atoms with van der Waals surface area (Å²) in [5.74, 6) is 0.615. The number of carbonyl (C=O) groups excluding carboxylic acids is 1. The Morgan fingerprint density at radius 2 is 2.00 bits per heavy atom. The largest absolute Gasteiger partial charge is 0.342 e. The average molecular weight is 425 g/mol. The standard InChI is InChI=1S/C21H21BrN4O/c1-14-11-15(2)26(25-14)19-8-7-16(13-23-19)20(27)24-21(9-4-10-21)17-5-3-6-18(22)12-17/h3,5-8,11-13H,4,9-10H2,1-2H3,(H,24,27). The number of pyridine rings is 1. The third-order valence-electron chi connectivity index (χ3n) is 5.17. The van der Waals surface area contributed by atoms with E-state index in [0.29, 0.717) is 11.4 Å². The first-order valence-corrected chi connectivity index (χ1v) is 9.84. The highest BCUT2D eigenvalue weighted by atomic mass is 79.9. The van der Waals surface area contributed by atoms with E-state index in [9.17, 15) is 4.79 Å². The van der Waals surface area contributed by atoms with E-state index in [1.54, 1.807) is 16.9 Å². The molecule has 0 aliphatic heterocycles. The number of rotatable bonds is 4. The monoisotopic (exact) mass is 424 g/mol. The molecule has 1 N–H and O–H groups in total. The van der Waals surface area contributed by atoms with E-state index in [1.165, 1.54) is 0 Å². The normalized spacial score (nSPS) is 15.2. The fourth-order valence-corrected chi connectivity index (χ4v) is 4.00. The lowest BCUT2D eigenvalue weighted by molar-refractivity contribution is 0.0823. The van der Waals surface area contributed by atoms with Crippen molar-refractivity contribution in [1.82, 2.24) is 20.1 Å². The number of hydrogen-bond donors (Lipinski definition) is 1. The Kier molecular flexibility index (Phi) is 4.60. The van der Waals surface area contributed by atoms with Gasteiger partial charge in [-0.05, 0) is 69.0 Å². The molecule has 0 saturated heterocycles. The van der Waals surface area contributed by atoms with Crippen LogP contribution in [0.4, 0.5) is 0 Å². The molecule has 1 saturated carbocycles. The maximum Gasteiger partial charge on any atom is 0.253 e. The maximum atomic E-state index is 12.8. The Morgan fingerprint density at radius 1 is 1.19 bits per heavy atom. The number of nitrogens with one attached hydrogen (secondary N) is 1. The highest BCUT2D eigenvalue weighted by Gasteiger charge is 2.40. The Labute approximate surface area is 167 Å². The van der Waals surface area contributed by atoms with E-state index in [2.05, 4.69) is 43.5 Å². The number of amides is 1. The van der Waals surface area contributed by atoms with E-state index >= 15 is 0 Å². The zero-order valence-electron chi connectivity index (χ0n) is 15.4. The lowest BCUT2D eigenvalue weighted by Crippen LogP contribution is -2.50. The zero-order valence-corrected chi connectivity index (χ0v) is 17.0. The number of aryl methyl sites for hydroxylation is 2. The van der Waals surface area contributed by atoms with Crippen LogP contribution >= 0.6 is 15.9 Å². The second-order valence-electron chi connectivity index (χ2n) is 7.14. The summed E-state index contributed by atoms with van der Waals surface area (Å²) in [6.07, 6.45) is 4.63. The van der Waals surface area contributed by atoms with Gasteiger partial charge in [0.25, 0.3) is 5.91 Å². The van der Waals surface area contributed by atoms with Gasteiger partial charge in [-0.25, -0.2) is 9.67 Å². The average Bonchev–Trinajstić information content (AvgIpc) is 2.96. The number of aromatic nitrogens is 3. The van der Waals surface area contributed by atoms with E-state index in [1.807, 2.05) is 38.1 Å². The molecule has 27 heavy (non-hydrogen) atoms. The molecule has 3 aromatic rings. The SMILES string of the molecule is Cc1cc(C)n(-c2ccc(C(=O)NC3(c4cccc(Br)c4)CCC3)cn2)n1. The van der Waals surface area contributed by atoms with Crippen molar-refractivity contribution in [1.29, 1.82) is 0 Å². The summed E-state index contributed by atoms with van der Waals surface area (Å²) >= 11 is 3.53. The number of carbonyl (C=O) groups is 1. The molecule has 1 fully saturated rings. The molecule has 1 aromatic carbocycles. The highest BCUT2D eigenvalue weighted by Crippen LogP contribution is 2.42. The van der Waals surface area contributed by atoms with Crippen LogP contribution in [0.25, 0.3) is 5.82 Å². The molecule has 1 amide bonds. The molecule has 138 valence electrons. The van der Waals surface area contributed by atoms with Crippen molar-refractivity contribution in [2.45, 2.75) is 38.6 Å². The van der Waals surface area contributed by atoms with Crippen LogP contribution in [-0.4, -0.2) is 20.7 Å². The summed E-state index contributed by atoms with van der Waals surface area (Å²) in [7, 11) is 0. The van der Waals surface area contributed by atoms with Gasteiger partial charge in [-0.15, -0.1) is 0 Å². The number of benzene rings is 1. The van der Waals surface area contributed by atoms with Gasteiger partial charge in [-0.2, -0.15) is 5.10 Å². The molecule has 0 unspecified atom stereocenters. The summed E-state index contributed by atoms with van der Waals surface area (Å²) in [6, 6.07) is 13.8. The molecular formula is C21H21BrN4O. The first-order chi connectivity index (χ1) is 13.0. The molecule has 1 aliphatic carbocycles. The Balaban J connectivity index is 1.55. The Bertz CT molecular complexity index is 990. The van der Waals surface area contributed by atoms with Crippen molar-refractivity contribution in [3.05, 3.63) is 75.6 Å². The topological polar surface area (TPSA) is 59.8 Å². The van der Waals surface area contributed by atoms with Crippen LogP contribution in [0.2, 0.25) is 0 Å². The van der Waals surface area contributed by atoms with Crippen LogP contribution in [0.1, 0.15) is 46.6 Å². The molecule has 6 heteroatoms. The quantitative estimate of drug-likeness (QED) is 0.672. The molecule has 2 heterocycles. The van der Waals surface area contributed by atoms with Gasteiger partial charge in [0.05, 0.1) is 16.8 Å². The van der Waals surface area contributed by atoms with Gasteiger partial charge >= 0.3 is 0 Å². The minimum absolute atomic E-state index is 0.0953. The van der Waals surface area contributed by atoms with E-state index in [0.717, 1.165) is 40.7 Å². The fourth-order valence-electron chi connectivity index (χ4n) is 3.60. The van der Waals surface area contributed by atoms with E-state index in [-0.39, 0.29) is 11.4 Å². The summed E-state index contributed by atoms with van der Waals surface area (Å²) in [4.78, 5) is 17.3. The molecule has 5 nitrogen and oxygen atoms in total. The Morgan fingerprint density at radius 3 is 2.56 bits per heavy atom. The summed E-state index contributed by atoms with van der Waals surface area (Å²) in [5.41, 5.74) is 3.37. The van der Waals surface area contributed by atoms with Gasteiger partial charge in [0, 0.05) is 16.4 Å². The molecule has 0 spiro atoms. The second kappa shape index (κ2) is 6.93. The van der Waals surface area contributed by atoms with Crippen LogP contribution in [-0.2, 0) is 5.54 Å². The Hall–Kier alpha value is -2.47. The van der Waals surface area contributed by atoms with Crippen LogP contribution in [0.3, 0.4) is 0 Å². The van der Waals surface area contributed by atoms with Crippen molar-refractivity contribution in [3.8, 4) is 5.82 Å². The molecule has 2 aromatic heterocycles. The second-order valence-corrected chi connectivity index (χ2v) is 8.06. The fraction of sp³-hybridized carbons (Fsp3) is 0.286. The molecule has 0 radical (unpaired) electrons. The summed E-state index contributed by atoms with van der Waals surface area (Å²) in [5, 5.41) is 7.68. The predicted molar refractivity (Wildman–Crippen MR) is 108 cm³/mol. The molecule has 4 rings (SSSR count). The van der Waals surface area contributed by atoms with E-state index < -0.39 is 0 Å². The van der Waals surface area contributed by atoms with E-state index in [4.69, 9.17) is 0 Å². The lowest BCUT2D eigenvalue weighted by Gasteiger charge is -2.43. The van der Waals surface area contributed by atoms with Crippen LogP contribution < -0.4 is 5.32 Å². The maximum absolute atomic E-state index is 12.8. The summed E-state index contributed by atoms with van der Waals surface area (Å²) in [6.45, 7) is 3.94. The number of hydrogen-bond acceptors (Lipinski definition) is 3. The van der Waals surface area contributed by atoms with Gasteiger partial charge in [0.15, 0.2) is 5.82 Å². The first kappa shape index (κ1) is 17.9. The third kappa shape index (κ3) is 3.41. The lowest BCUT2D eigenvalue weighted by atomic mass is 9.71. The van der Waals surface area contributed by atoms with Crippen LogP contribution in [0, 0.1) is 13.8 Å². The van der Waals surface area contributed by atoms with Gasteiger partial charge in [0.1, 0.15) is 0 Å². The van der Waals surface area contributed by atoms with Gasteiger partial charge in [-0.3, -0.25) is 4.79 Å². The molecule has 0 atom stereocenters. The number of nitrogens with zero attached hydrogens (tertiary/aromatic N) is 3. The van der Waals surface area contributed by atoms with Crippen molar-refractivity contribution < 1.29 is 4.79 Å². The minimum Gasteiger partial charge on any atom is -0.342 e. The van der Waals surface area contributed by atoms with Crippen molar-refractivity contribution >= 4 is 21.8 Å². The van der Waals surface area contributed by atoms with Crippen molar-refractivity contribution in [2.24, 2.45) is 0 Å². The van der Waals surface area contributed by atoms with Crippen LogP contribution in [0.5, 0.6) is 0 Å². The zero-order chi connectivity index (χ0) is 19.0. The van der Waals surface area contributed by atoms with Crippen LogP contribution in [0.15, 0.2) is 53.1 Å². The minimum atomic E-state index is -0.283. The number of halogens is 1. The third-order valence-corrected chi connectivity index (χ3v) is 5.67. The van der Waals surface area contributed by atoms with Gasteiger partial charge in [-0.1, -0.05) is 28.1 Å². The predicted octanol–water partition coefficient (Wildman–Crippen LogP) is 4.46. The van der Waals surface area contributed by atoms with Gasteiger partial charge in [0.2, 0.25) is 0 Å².